The van der Waals surface area contributed by atoms with Crippen LogP contribution in [0.2, 0.25) is 0 Å². The van der Waals surface area contributed by atoms with Crippen molar-refractivity contribution in [3.8, 4) is 16.9 Å². The molecule has 0 radical (unpaired) electrons. The van der Waals surface area contributed by atoms with E-state index in [9.17, 15) is 13.2 Å². The van der Waals surface area contributed by atoms with Crippen molar-refractivity contribution in [1.82, 2.24) is 14.9 Å². The summed E-state index contributed by atoms with van der Waals surface area (Å²) in [6, 6.07) is 18.0. The fourth-order valence-corrected chi connectivity index (χ4v) is 5.22. The smallest absolute Gasteiger partial charge is 0.254 e. The van der Waals surface area contributed by atoms with E-state index in [2.05, 4.69) is 9.97 Å². The highest BCUT2D eigenvalue weighted by Crippen LogP contribution is 2.31. The molecule has 1 amide bonds. The second-order valence-corrected chi connectivity index (χ2v) is 10.3. The molecular weight excluding hydrogens is 523 g/mol. The number of sulfone groups is 1. The first-order chi connectivity index (χ1) is 16.4. The van der Waals surface area contributed by atoms with Crippen LogP contribution < -0.4 is 10.5 Å². The van der Waals surface area contributed by atoms with Gasteiger partial charge in [0.2, 0.25) is 0 Å². The van der Waals surface area contributed by atoms with Crippen LogP contribution in [0.1, 0.15) is 15.9 Å². The minimum absolute atomic E-state index is 0. The number of amides is 1. The second kappa shape index (κ2) is 11.3. The summed E-state index contributed by atoms with van der Waals surface area (Å²) in [6.45, 7) is 1.24. The van der Waals surface area contributed by atoms with Gasteiger partial charge in [-0.2, -0.15) is 0 Å². The molecule has 0 bridgehead atoms. The number of carbonyl (C=O) groups excluding carboxylic acids is 1. The molecule has 8 nitrogen and oxygen atoms in total. The summed E-state index contributed by atoms with van der Waals surface area (Å²) in [4.78, 5) is 22.5. The normalized spacial score (nSPS) is 13.1. The van der Waals surface area contributed by atoms with Crippen LogP contribution in [0.25, 0.3) is 22.2 Å². The third-order valence-electron chi connectivity index (χ3n) is 5.93. The Bertz CT molecular complexity index is 1470. The van der Waals surface area contributed by atoms with Crippen molar-refractivity contribution in [2.45, 2.75) is 11.4 Å². The second-order valence-electron chi connectivity index (χ2n) is 8.16. The highest BCUT2D eigenvalue weighted by atomic mass is 35.5. The number of H-pyrrole nitrogens is 1. The predicted octanol–water partition coefficient (Wildman–Crippen LogP) is 3.84. The summed E-state index contributed by atoms with van der Waals surface area (Å²) < 4.78 is 30.3. The van der Waals surface area contributed by atoms with Crippen molar-refractivity contribution in [3.05, 3.63) is 78.1 Å². The molecule has 0 fully saturated rings. The average molecular weight is 549 g/mol. The molecular formula is C25H26Cl2N4O4S. The number of rotatable bonds is 5. The molecule has 0 unspecified atom stereocenters. The zero-order chi connectivity index (χ0) is 23.7. The van der Waals surface area contributed by atoms with Crippen LogP contribution in [0.15, 0.2) is 71.9 Å². The van der Waals surface area contributed by atoms with Gasteiger partial charge in [-0.1, -0.05) is 12.1 Å². The number of nitrogens with two attached hydrogens (primary N) is 1. The quantitative estimate of drug-likeness (QED) is 0.391. The Morgan fingerprint density at radius 3 is 2.50 bits per heavy atom. The van der Waals surface area contributed by atoms with E-state index in [0.29, 0.717) is 25.3 Å². The highest BCUT2D eigenvalue weighted by molar-refractivity contribution is 7.91. The van der Waals surface area contributed by atoms with Crippen molar-refractivity contribution in [1.29, 1.82) is 0 Å². The molecule has 2 heterocycles. The van der Waals surface area contributed by atoms with Crippen molar-refractivity contribution >= 4 is 51.6 Å². The minimum atomic E-state index is -3.44. The lowest BCUT2D eigenvalue weighted by Gasteiger charge is -2.20. The summed E-state index contributed by atoms with van der Waals surface area (Å²) in [5, 5.41) is 0. The van der Waals surface area contributed by atoms with E-state index < -0.39 is 9.84 Å². The number of fused-ring (bicyclic) bond motifs is 2. The van der Waals surface area contributed by atoms with Gasteiger partial charge in [0.05, 0.1) is 34.6 Å². The molecule has 0 aliphatic carbocycles. The lowest BCUT2D eigenvalue weighted by atomic mass is 10.0. The summed E-state index contributed by atoms with van der Waals surface area (Å²) >= 11 is 0. The number of aromatic nitrogens is 2. The maximum absolute atomic E-state index is 13.2. The Labute approximate surface area is 221 Å². The number of ether oxygens (including phenoxy) is 1. The number of halogens is 2. The molecule has 1 aliphatic heterocycles. The Hall–Kier alpha value is -3.11. The largest absolute Gasteiger partial charge is 0.491 e. The maximum atomic E-state index is 13.2. The van der Waals surface area contributed by atoms with E-state index in [1.807, 2.05) is 36.4 Å². The van der Waals surface area contributed by atoms with Crippen LogP contribution in [0, 0.1) is 0 Å². The standard InChI is InChI=1S/C25H24N4O4S.2ClH/c26-9-12-34(31,32)21-5-1-17(2-6-21)25(30)29-10-11-33-24-8-4-18(13-20(24)15-29)19-3-7-22-23(14-19)28-16-27-22;;/h1-8,13-14,16H,9-12,15,26H2,(H,27,28);2*1H. The van der Waals surface area contributed by atoms with E-state index in [4.69, 9.17) is 10.5 Å². The fraction of sp³-hybridized carbons (Fsp3) is 0.200. The first-order valence-corrected chi connectivity index (χ1v) is 12.6. The van der Waals surface area contributed by atoms with E-state index in [1.165, 1.54) is 12.1 Å². The third kappa shape index (κ3) is 5.49. The Kier molecular flexibility index (Phi) is 8.63. The number of nitrogens with zero attached hydrogens (tertiary/aromatic N) is 2. The van der Waals surface area contributed by atoms with Crippen LogP contribution in [-0.4, -0.2) is 54.6 Å². The molecule has 0 atom stereocenters. The van der Waals surface area contributed by atoms with Gasteiger partial charge in [-0.25, -0.2) is 13.4 Å². The number of aromatic amines is 1. The lowest BCUT2D eigenvalue weighted by Crippen LogP contribution is -2.32. The van der Waals surface area contributed by atoms with Gasteiger partial charge in [0, 0.05) is 24.2 Å². The first kappa shape index (κ1) is 27.5. The third-order valence-corrected chi connectivity index (χ3v) is 7.69. The van der Waals surface area contributed by atoms with E-state index in [-0.39, 0.29) is 47.9 Å². The molecule has 36 heavy (non-hydrogen) atoms. The number of nitrogens with one attached hydrogen (secondary N) is 1. The Morgan fingerprint density at radius 1 is 1.03 bits per heavy atom. The first-order valence-electron chi connectivity index (χ1n) is 11.0. The van der Waals surface area contributed by atoms with Crippen LogP contribution in [0.5, 0.6) is 5.75 Å². The molecule has 1 aliphatic rings. The van der Waals surface area contributed by atoms with E-state index in [0.717, 1.165) is 33.5 Å². The zero-order valence-corrected chi connectivity index (χ0v) is 21.7. The zero-order valence-electron chi connectivity index (χ0n) is 19.2. The molecule has 11 heteroatoms. The van der Waals surface area contributed by atoms with Gasteiger partial charge in [-0.3, -0.25) is 4.79 Å². The molecule has 5 rings (SSSR count). The van der Waals surface area contributed by atoms with Gasteiger partial charge in [0.25, 0.3) is 5.91 Å². The van der Waals surface area contributed by atoms with Crippen molar-refractivity contribution < 1.29 is 17.9 Å². The molecule has 4 aromatic rings. The SMILES string of the molecule is Cl.Cl.NCCS(=O)(=O)c1ccc(C(=O)N2CCOc3ccc(-c4ccc5nc[nH]c5c4)cc3C2)cc1. The van der Waals surface area contributed by atoms with Crippen LogP contribution in [0.4, 0.5) is 0 Å². The monoisotopic (exact) mass is 548 g/mol. The van der Waals surface area contributed by atoms with Crippen LogP contribution in [-0.2, 0) is 16.4 Å². The van der Waals surface area contributed by atoms with Crippen LogP contribution in [0.3, 0.4) is 0 Å². The Balaban J connectivity index is 0.00000180. The summed E-state index contributed by atoms with van der Waals surface area (Å²) in [6.07, 6.45) is 1.67. The number of carbonyl (C=O) groups is 1. The number of imidazole rings is 1. The topological polar surface area (TPSA) is 118 Å². The van der Waals surface area contributed by atoms with Gasteiger partial charge in [0.15, 0.2) is 9.84 Å². The van der Waals surface area contributed by atoms with E-state index >= 15 is 0 Å². The van der Waals surface area contributed by atoms with Gasteiger partial charge < -0.3 is 20.4 Å². The lowest BCUT2D eigenvalue weighted by molar-refractivity contribution is 0.0733. The van der Waals surface area contributed by atoms with Crippen molar-refractivity contribution in [2.24, 2.45) is 5.73 Å². The average Bonchev–Trinajstić information content (AvgIpc) is 3.21. The van der Waals surface area contributed by atoms with Gasteiger partial charge in [0.1, 0.15) is 12.4 Å². The number of benzene rings is 3. The van der Waals surface area contributed by atoms with Crippen LogP contribution >= 0.6 is 24.8 Å². The fourth-order valence-electron chi connectivity index (χ4n) is 4.12. The molecule has 0 spiro atoms. The van der Waals surface area contributed by atoms with Gasteiger partial charge in [-0.05, 0) is 59.7 Å². The number of hydrogen-bond acceptors (Lipinski definition) is 6. The number of hydrogen-bond donors (Lipinski definition) is 2. The summed E-state index contributed by atoms with van der Waals surface area (Å²) in [5.41, 5.74) is 10.6. The minimum Gasteiger partial charge on any atom is -0.491 e. The van der Waals surface area contributed by atoms with Crippen molar-refractivity contribution in [2.75, 3.05) is 25.4 Å². The predicted molar refractivity (Wildman–Crippen MR) is 144 cm³/mol. The van der Waals surface area contributed by atoms with Gasteiger partial charge >= 0.3 is 0 Å². The molecule has 3 aromatic carbocycles. The molecule has 0 saturated heterocycles. The maximum Gasteiger partial charge on any atom is 0.254 e. The van der Waals surface area contributed by atoms with E-state index in [1.54, 1.807) is 23.4 Å². The molecule has 1 aromatic heterocycles. The highest BCUT2D eigenvalue weighted by Gasteiger charge is 2.22. The molecule has 3 N–H and O–H groups in total. The summed E-state index contributed by atoms with van der Waals surface area (Å²) in [7, 11) is -3.44. The molecule has 0 saturated carbocycles. The van der Waals surface area contributed by atoms with Gasteiger partial charge in [-0.15, -0.1) is 24.8 Å². The Morgan fingerprint density at radius 2 is 1.75 bits per heavy atom. The van der Waals surface area contributed by atoms with Crippen molar-refractivity contribution in [3.63, 3.8) is 0 Å². The summed E-state index contributed by atoms with van der Waals surface area (Å²) in [5.74, 6) is 0.448. The molecule has 190 valence electrons.